The maximum Gasteiger partial charge on any atom is 0.329 e. The van der Waals surface area contributed by atoms with Crippen molar-refractivity contribution >= 4 is 35.3 Å². The Morgan fingerprint density at radius 1 is 0.850 bits per heavy atom. The maximum atomic E-state index is 12.4. The third-order valence-electron chi connectivity index (χ3n) is 5.68. The third-order valence-corrected chi connectivity index (χ3v) is 5.68. The molecule has 3 rings (SSSR count). The van der Waals surface area contributed by atoms with Crippen LogP contribution in [0.4, 0.5) is 11.4 Å². The molecule has 210 valence electrons. The summed E-state index contributed by atoms with van der Waals surface area (Å²) < 4.78 is 16.8. The lowest BCUT2D eigenvalue weighted by Crippen LogP contribution is -2.32. The van der Waals surface area contributed by atoms with Crippen molar-refractivity contribution in [2.24, 2.45) is 5.10 Å². The van der Waals surface area contributed by atoms with Crippen molar-refractivity contribution < 1.29 is 28.6 Å². The van der Waals surface area contributed by atoms with E-state index in [-0.39, 0.29) is 12.5 Å². The first-order valence-corrected chi connectivity index (χ1v) is 12.9. The molecular weight excluding hydrogens is 512 g/mol. The molecule has 0 spiro atoms. The average Bonchev–Trinajstić information content (AvgIpc) is 2.94. The van der Waals surface area contributed by atoms with Crippen LogP contribution in [-0.2, 0) is 14.4 Å². The second-order valence-electron chi connectivity index (χ2n) is 8.75. The molecule has 0 saturated carbocycles. The van der Waals surface area contributed by atoms with E-state index in [2.05, 4.69) is 21.2 Å². The van der Waals surface area contributed by atoms with Crippen LogP contribution in [0.5, 0.6) is 17.2 Å². The number of hydrogen-bond acceptors (Lipinski definition) is 7. The van der Waals surface area contributed by atoms with E-state index in [9.17, 15) is 14.4 Å². The topological polar surface area (TPSA) is 127 Å². The molecule has 0 aliphatic rings. The maximum absolute atomic E-state index is 12.4. The first-order chi connectivity index (χ1) is 19.3. The van der Waals surface area contributed by atoms with Crippen LogP contribution in [0.3, 0.4) is 0 Å². The molecule has 0 unspecified atom stereocenters. The van der Waals surface area contributed by atoms with Gasteiger partial charge in [-0.2, -0.15) is 5.10 Å². The van der Waals surface area contributed by atoms with Crippen molar-refractivity contribution in [1.29, 1.82) is 0 Å². The molecule has 0 atom stereocenters. The summed E-state index contributed by atoms with van der Waals surface area (Å²) >= 11 is 0. The number of carbonyl (C=O) groups is 3. The quantitative estimate of drug-likeness (QED) is 0.173. The number of rotatable bonds is 12. The number of hydrogen-bond donors (Lipinski definition) is 3. The van der Waals surface area contributed by atoms with Crippen LogP contribution >= 0.6 is 0 Å². The standard InChI is InChI=1S/C30H34N4O6/c1-5-16-39-24-13-11-23(12-14-24)32-29(36)30(37)34-31-18-22-10-15-26(27(17-22)38-6-2)40-19-28(35)33-25-9-7-8-20(3)21(25)4/h7-15,17-18H,5-6,16,19H2,1-4H3,(H,32,36)(H,33,35)(H,34,37)/b31-18-. The Hall–Kier alpha value is -4.86. The zero-order chi connectivity index (χ0) is 28.9. The number of ether oxygens (including phenoxy) is 3. The van der Waals surface area contributed by atoms with Gasteiger partial charge in [0.05, 0.1) is 19.4 Å². The van der Waals surface area contributed by atoms with E-state index in [1.54, 1.807) is 42.5 Å². The first kappa shape index (κ1) is 29.7. The molecular formula is C30H34N4O6. The second kappa shape index (κ2) is 14.9. The van der Waals surface area contributed by atoms with E-state index in [4.69, 9.17) is 14.2 Å². The van der Waals surface area contributed by atoms with Crippen molar-refractivity contribution in [1.82, 2.24) is 5.43 Å². The molecule has 0 saturated heterocycles. The van der Waals surface area contributed by atoms with Gasteiger partial charge < -0.3 is 24.8 Å². The SMILES string of the molecule is CCCOc1ccc(NC(=O)C(=O)N/N=C\c2ccc(OCC(=O)Nc3cccc(C)c3C)c(OCC)c2)cc1. The Bertz CT molecular complexity index is 1350. The minimum atomic E-state index is -0.928. The van der Waals surface area contributed by atoms with Crippen LogP contribution < -0.4 is 30.3 Å². The van der Waals surface area contributed by atoms with E-state index in [1.807, 2.05) is 45.9 Å². The van der Waals surface area contributed by atoms with Gasteiger partial charge >= 0.3 is 11.8 Å². The van der Waals surface area contributed by atoms with Gasteiger partial charge in [-0.25, -0.2) is 5.43 Å². The number of carbonyl (C=O) groups excluding carboxylic acids is 3. The summed E-state index contributed by atoms with van der Waals surface area (Å²) in [6.07, 6.45) is 2.25. The lowest BCUT2D eigenvalue weighted by atomic mass is 10.1. The summed E-state index contributed by atoms with van der Waals surface area (Å²) in [4.78, 5) is 36.8. The van der Waals surface area contributed by atoms with E-state index in [0.717, 1.165) is 23.2 Å². The summed E-state index contributed by atoms with van der Waals surface area (Å²) in [5.74, 6) is -0.633. The molecule has 0 radical (unpaired) electrons. The predicted octanol–water partition coefficient (Wildman–Crippen LogP) is 4.60. The van der Waals surface area contributed by atoms with Gasteiger partial charge in [0.15, 0.2) is 18.1 Å². The number of benzene rings is 3. The van der Waals surface area contributed by atoms with Crippen molar-refractivity contribution in [3.05, 3.63) is 77.4 Å². The molecule has 3 aromatic rings. The Labute approximate surface area is 233 Å². The third kappa shape index (κ3) is 8.87. The smallest absolute Gasteiger partial charge is 0.329 e. The molecule has 0 aromatic heterocycles. The summed E-state index contributed by atoms with van der Waals surface area (Å²) in [6.45, 7) is 8.51. The van der Waals surface area contributed by atoms with Crippen LogP contribution in [0.25, 0.3) is 0 Å². The minimum absolute atomic E-state index is 0.208. The molecule has 10 nitrogen and oxygen atoms in total. The van der Waals surface area contributed by atoms with E-state index in [1.165, 1.54) is 6.21 Å². The molecule has 0 fully saturated rings. The Kier molecular flexibility index (Phi) is 11.1. The lowest BCUT2D eigenvalue weighted by Gasteiger charge is -2.14. The normalized spacial score (nSPS) is 10.6. The van der Waals surface area contributed by atoms with Gasteiger partial charge in [0.25, 0.3) is 5.91 Å². The Morgan fingerprint density at radius 2 is 1.62 bits per heavy atom. The van der Waals surface area contributed by atoms with Crippen LogP contribution in [0.2, 0.25) is 0 Å². The molecule has 0 heterocycles. The molecule has 0 aliphatic carbocycles. The van der Waals surface area contributed by atoms with E-state index < -0.39 is 11.8 Å². The Balaban J connectivity index is 1.53. The van der Waals surface area contributed by atoms with Gasteiger partial charge in [-0.15, -0.1) is 0 Å². The molecule has 3 aromatic carbocycles. The number of hydrazone groups is 1. The predicted molar refractivity (Wildman–Crippen MR) is 154 cm³/mol. The van der Waals surface area contributed by atoms with E-state index >= 15 is 0 Å². The Morgan fingerprint density at radius 3 is 2.35 bits per heavy atom. The van der Waals surface area contributed by atoms with Crippen LogP contribution in [0, 0.1) is 13.8 Å². The highest BCUT2D eigenvalue weighted by Crippen LogP contribution is 2.28. The van der Waals surface area contributed by atoms with Crippen LogP contribution in [0.1, 0.15) is 37.0 Å². The lowest BCUT2D eigenvalue weighted by molar-refractivity contribution is -0.136. The summed E-state index contributed by atoms with van der Waals surface area (Å²) in [5.41, 5.74) is 6.03. The largest absolute Gasteiger partial charge is 0.494 e. The van der Waals surface area contributed by atoms with Crippen molar-refractivity contribution in [3.63, 3.8) is 0 Å². The monoisotopic (exact) mass is 546 g/mol. The molecule has 10 heteroatoms. The van der Waals surface area contributed by atoms with Crippen molar-refractivity contribution in [2.45, 2.75) is 34.1 Å². The molecule has 40 heavy (non-hydrogen) atoms. The van der Waals surface area contributed by atoms with Gasteiger partial charge in [-0.1, -0.05) is 19.1 Å². The van der Waals surface area contributed by atoms with Gasteiger partial charge in [0, 0.05) is 11.4 Å². The number of nitrogens with zero attached hydrogens (tertiary/aromatic N) is 1. The fourth-order valence-electron chi connectivity index (χ4n) is 3.47. The molecule has 0 bridgehead atoms. The van der Waals surface area contributed by atoms with Crippen molar-refractivity contribution in [2.75, 3.05) is 30.5 Å². The van der Waals surface area contributed by atoms with Gasteiger partial charge in [-0.3, -0.25) is 14.4 Å². The fourth-order valence-corrected chi connectivity index (χ4v) is 3.47. The second-order valence-corrected chi connectivity index (χ2v) is 8.75. The van der Waals surface area contributed by atoms with E-state index in [0.29, 0.717) is 41.7 Å². The molecule has 3 N–H and O–H groups in total. The van der Waals surface area contributed by atoms with Gasteiger partial charge in [0.2, 0.25) is 0 Å². The highest BCUT2D eigenvalue weighted by Gasteiger charge is 2.14. The number of amides is 3. The minimum Gasteiger partial charge on any atom is -0.494 e. The molecule has 3 amide bonds. The van der Waals surface area contributed by atoms with Crippen molar-refractivity contribution in [3.8, 4) is 17.2 Å². The summed E-state index contributed by atoms with van der Waals surface area (Å²) in [6, 6.07) is 17.4. The zero-order valence-corrected chi connectivity index (χ0v) is 23.1. The van der Waals surface area contributed by atoms with Crippen LogP contribution in [-0.4, -0.2) is 43.8 Å². The van der Waals surface area contributed by atoms with Crippen LogP contribution in [0.15, 0.2) is 65.8 Å². The highest BCUT2D eigenvalue weighted by molar-refractivity contribution is 6.39. The van der Waals surface area contributed by atoms with Gasteiger partial charge in [-0.05, 0) is 92.4 Å². The number of anilines is 2. The summed E-state index contributed by atoms with van der Waals surface area (Å²) in [7, 11) is 0. The fraction of sp³-hybridized carbons (Fsp3) is 0.267. The number of nitrogens with one attached hydrogen (secondary N) is 3. The summed E-state index contributed by atoms with van der Waals surface area (Å²) in [5, 5.41) is 9.21. The zero-order valence-electron chi connectivity index (χ0n) is 23.1. The average molecular weight is 547 g/mol. The van der Waals surface area contributed by atoms with Gasteiger partial charge in [0.1, 0.15) is 5.75 Å². The number of aryl methyl sites for hydroxylation is 1. The highest BCUT2D eigenvalue weighted by atomic mass is 16.5. The first-order valence-electron chi connectivity index (χ1n) is 12.9. The molecule has 0 aliphatic heterocycles.